The maximum Gasteiger partial charge on any atom is 0.275 e. The molecule has 0 amide bonds. The van der Waals surface area contributed by atoms with Crippen LogP contribution in [-0.4, -0.2) is 25.1 Å². The summed E-state index contributed by atoms with van der Waals surface area (Å²) in [4.78, 5) is 10.4. The first-order valence-electron chi connectivity index (χ1n) is 6.08. The van der Waals surface area contributed by atoms with Gasteiger partial charge in [0.1, 0.15) is 0 Å². The molecule has 1 rings (SSSR count). The molecule has 0 bridgehead atoms. The Morgan fingerprint density at radius 2 is 2.11 bits per heavy atom. The Morgan fingerprint density at radius 3 is 2.53 bits per heavy atom. The summed E-state index contributed by atoms with van der Waals surface area (Å²) >= 11 is 0. The fraction of sp³-hybridized carbons (Fsp3) is 0.538. The van der Waals surface area contributed by atoms with Crippen molar-refractivity contribution in [2.75, 3.05) is 14.2 Å². The molecule has 0 spiro atoms. The lowest BCUT2D eigenvalue weighted by Gasteiger charge is -2.20. The zero-order chi connectivity index (χ0) is 14.6. The van der Waals surface area contributed by atoms with E-state index in [0.717, 1.165) is 6.07 Å². The number of nitrogens with one attached hydrogen (secondary N) is 1. The van der Waals surface area contributed by atoms with Crippen LogP contribution in [0.5, 0.6) is 5.75 Å². The predicted molar refractivity (Wildman–Crippen MR) is 71.0 cm³/mol. The number of nitrogens with zero attached hydrogens (tertiary/aromatic N) is 1. The smallest absolute Gasteiger partial charge is 0.275 e. The first-order valence-corrected chi connectivity index (χ1v) is 6.08. The number of ether oxygens (including phenoxy) is 1. The highest BCUT2D eigenvalue weighted by atomic mass is 19.1. The maximum atomic E-state index is 13.5. The van der Waals surface area contributed by atoms with Gasteiger partial charge in [0.2, 0.25) is 0 Å². The number of likely N-dealkylation sites (N-methyl/N-ethyl adjacent to an activating group) is 1. The van der Waals surface area contributed by atoms with Crippen LogP contribution in [0.3, 0.4) is 0 Å². The van der Waals surface area contributed by atoms with Crippen molar-refractivity contribution in [2.45, 2.75) is 26.3 Å². The van der Waals surface area contributed by atoms with Gasteiger partial charge >= 0.3 is 0 Å². The van der Waals surface area contributed by atoms with Gasteiger partial charge in [-0.15, -0.1) is 0 Å². The minimum absolute atomic E-state index is 0.0270. The lowest BCUT2D eigenvalue weighted by atomic mass is 9.95. The van der Waals surface area contributed by atoms with Crippen LogP contribution in [0.4, 0.5) is 10.1 Å². The highest BCUT2D eigenvalue weighted by molar-refractivity contribution is 5.46. The molecule has 19 heavy (non-hydrogen) atoms. The van der Waals surface area contributed by atoms with E-state index < -0.39 is 10.7 Å². The number of benzene rings is 1. The molecule has 0 aliphatic carbocycles. The summed E-state index contributed by atoms with van der Waals surface area (Å²) in [5.41, 5.74) is 0.260. The van der Waals surface area contributed by atoms with Gasteiger partial charge in [0.25, 0.3) is 5.69 Å². The Hall–Kier alpha value is -1.69. The van der Waals surface area contributed by atoms with Crippen LogP contribution in [0, 0.1) is 21.8 Å². The summed E-state index contributed by atoms with van der Waals surface area (Å²) in [7, 11) is 3.14. The predicted octanol–water partition coefficient (Wildman–Crippen LogP) is 2.53. The van der Waals surface area contributed by atoms with E-state index in [1.54, 1.807) is 7.05 Å². The van der Waals surface area contributed by atoms with Crippen molar-refractivity contribution in [3.05, 3.63) is 33.6 Å². The van der Waals surface area contributed by atoms with Gasteiger partial charge in [0.15, 0.2) is 11.6 Å². The lowest BCUT2D eigenvalue weighted by Crippen LogP contribution is -2.33. The second-order valence-corrected chi connectivity index (χ2v) is 4.72. The summed E-state index contributed by atoms with van der Waals surface area (Å²) in [6.07, 6.45) is 0.446. The van der Waals surface area contributed by atoms with E-state index in [0.29, 0.717) is 17.9 Å². The summed E-state index contributed by atoms with van der Waals surface area (Å²) in [6, 6.07) is 2.40. The van der Waals surface area contributed by atoms with E-state index in [1.165, 1.54) is 13.2 Å². The molecule has 0 radical (unpaired) electrons. The maximum absolute atomic E-state index is 13.5. The van der Waals surface area contributed by atoms with Crippen molar-refractivity contribution >= 4 is 5.69 Å². The zero-order valence-electron chi connectivity index (χ0n) is 11.6. The molecule has 0 saturated heterocycles. The first kappa shape index (κ1) is 15.4. The molecule has 0 fully saturated rings. The van der Waals surface area contributed by atoms with Gasteiger partial charge in [0, 0.05) is 11.6 Å². The molecule has 0 aliphatic rings. The highest BCUT2D eigenvalue weighted by Crippen LogP contribution is 2.29. The average molecular weight is 270 g/mol. The summed E-state index contributed by atoms with van der Waals surface area (Å²) in [5, 5.41) is 14.1. The van der Waals surface area contributed by atoms with E-state index in [4.69, 9.17) is 4.74 Å². The Balaban J connectivity index is 3.19. The zero-order valence-corrected chi connectivity index (χ0v) is 11.6. The molecule has 1 atom stereocenters. The number of methoxy groups -OCH3 is 1. The Labute approximate surface area is 111 Å². The Bertz CT molecular complexity index is 463. The monoisotopic (exact) mass is 270 g/mol. The molecule has 1 aromatic carbocycles. The second-order valence-electron chi connectivity index (χ2n) is 4.72. The van der Waals surface area contributed by atoms with E-state index >= 15 is 0 Å². The lowest BCUT2D eigenvalue weighted by molar-refractivity contribution is -0.385. The van der Waals surface area contributed by atoms with Crippen LogP contribution >= 0.6 is 0 Å². The molecule has 6 heteroatoms. The third-order valence-corrected chi connectivity index (χ3v) is 3.17. The van der Waals surface area contributed by atoms with Crippen LogP contribution in [0.1, 0.15) is 19.4 Å². The van der Waals surface area contributed by atoms with Gasteiger partial charge in [-0.25, -0.2) is 4.39 Å². The molecule has 106 valence electrons. The SMILES string of the molecule is CNC(Cc1cc(OC)c(F)cc1[N+](=O)[O-])C(C)C. The van der Waals surface area contributed by atoms with Gasteiger partial charge in [-0.1, -0.05) is 13.8 Å². The fourth-order valence-corrected chi connectivity index (χ4v) is 1.98. The summed E-state index contributed by atoms with van der Waals surface area (Å²) < 4.78 is 18.4. The molecule has 1 aromatic rings. The van der Waals surface area contributed by atoms with Crippen LogP contribution in [0.15, 0.2) is 12.1 Å². The molecule has 5 nitrogen and oxygen atoms in total. The molecule has 1 unspecified atom stereocenters. The van der Waals surface area contributed by atoms with Crippen LogP contribution in [0.2, 0.25) is 0 Å². The third kappa shape index (κ3) is 3.64. The third-order valence-electron chi connectivity index (χ3n) is 3.17. The van der Waals surface area contributed by atoms with Gasteiger partial charge in [-0.3, -0.25) is 10.1 Å². The number of nitro groups is 1. The first-order chi connectivity index (χ1) is 8.90. The normalized spacial score (nSPS) is 12.5. The second kappa shape index (κ2) is 6.47. The average Bonchev–Trinajstić information content (AvgIpc) is 2.36. The van der Waals surface area contributed by atoms with Crippen molar-refractivity contribution < 1.29 is 14.1 Å². The standard InChI is InChI=1S/C13H19FN2O3/c1-8(2)11(15-3)5-9-6-13(19-4)10(14)7-12(9)16(17)18/h6-8,11,15H,5H2,1-4H3. The topological polar surface area (TPSA) is 64.4 Å². The van der Waals surface area contributed by atoms with Crippen LogP contribution in [-0.2, 0) is 6.42 Å². The number of halogens is 1. The fourth-order valence-electron chi connectivity index (χ4n) is 1.98. The van der Waals surface area contributed by atoms with Gasteiger partial charge < -0.3 is 10.1 Å². The van der Waals surface area contributed by atoms with Crippen molar-refractivity contribution in [3.8, 4) is 5.75 Å². The van der Waals surface area contributed by atoms with Crippen molar-refractivity contribution in [1.29, 1.82) is 0 Å². The molecule has 0 saturated carbocycles. The highest BCUT2D eigenvalue weighted by Gasteiger charge is 2.22. The van der Waals surface area contributed by atoms with Crippen LogP contribution in [0.25, 0.3) is 0 Å². The molecule has 1 N–H and O–H groups in total. The minimum atomic E-state index is -0.719. The quantitative estimate of drug-likeness (QED) is 0.637. The largest absolute Gasteiger partial charge is 0.494 e. The van der Waals surface area contributed by atoms with Crippen molar-refractivity contribution in [3.63, 3.8) is 0 Å². The minimum Gasteiger partial charge on any atom is -0.494 e. The molecular weight excluding hydrogens is 251 g/mol. The Morgan fingerprint density at radius 1 is 1.47 bits per heavy atom. The van der Waals surface area contributed by atoms with E-state index in [1.807, 2.05) is 13.8 Å². The molecule has 0 aromatic heterocycles. The summed E-state index contributed by atoms with van der Waals surface area (Å²) in [5.74, 6) is -0.386. The number of nitro benzene ring substituents is 1. The molecular formula is C13H19FN2O3. The summed E-state index contributed by atoms with van der Waals surface area (Å²) in [6.45, 7) is 4.04. The number of hydrogen-bond donors (Lipinski definition) is 1. The Kier molecular flexibility index (Phi) is 5.23. The van der Waals surface area contributed by atoms with Crippen molar-refractivity contribution in [2.24, 2.45) is 5.92 Å². The van der Waals surface area contributed by atoms with Crippen molar-refractivity contribution in [1.82, 2.24) is 5.32 Å². The van der Waals surface area contributed by atoms with Gasteiger partial charge in [-0.05, 0) is 25.5 Å². The number of rotatable bonds is 6. The van der Waals surface area contributed by atoms with Crippen LogP contribution < -0.4 is 10.1 Å². The number of hydrogen-bond acceptors (Lipinski definition) is 4. The van der Waals surface area contributed by atoms with Gasteiger partial charge in [-0.2, -0.15) is 0 Å². The molecule has 0 heterocycles. The molecule has 0 aliphatic heterocycles. The van der Waals surface area contributed by atoms with Gasteiger partial charge in [0.05, 0.1) is 18.1 Å². The van der Waals surface area contributed by atoms with E-state index in [9.17, 15) is 14.5 Å². The van der Waals surface area contributed by atoms with E-state index in [2.05, 4.69) is 5.32 Å². The van der Waals surface area contributed by atoms with E-state index in [-0.39, 0.29) is 17.5 Å².